The lowest BCUT2D eigenvalue weighted by Gasteiger charge is -2.30. The third-order valence-electron chi connectivity index (χ3n) is 3.16. The van der Waals surface area contributed by atoms with E-state index in [0.717, 1.165) is 43.1 Å². The fraction of sp³-hybridized carbons (Fsp3) is 0.462. The van der Waals surface area contributed by atoms with Crippen molar-refractivity contribution in [2.45, 2.75) is 19.8 Å². The van der Waals surface area contributed by atoms with Gasteiger partial charge in [0.1, 0.15) is 5.75 Å². The van der Waals surface area contributed by atoms with Crippen molar-refractivity contribution in [2.75, 3.05) is 25.1 Å². The first-order valence-electron chi connectivity index (χ1n) is 5.84. The summed E-state index contributed by atoms with van der Waals surface area (Å²) in [7, 11) is 1.70. The molecule has 0 saturated carbocycles. The molecule has 4 heteroatoms. The number of oxime groups is 1. The molecule has 1 aromatic rings. The van der Waals surface area contributed by atoms with Gasteiger partial charge in [-0.2, -0.15) is 0 Å². The molecule has 0 unspecified atom stereocenters. The second-order valence-corrected chi connectivity index (χ2v) is 4.33. The van der Waals surface area contributed by atoms with Crippen molar-refractivity contribution in [3.05, 3.63) is 23.8 Å². The Bertz CT molecular complexity index is 419. The van der Waals surface area contributed by atoms with Crippen LogP contribution in [0.25, 0.3) is 0 Å². The summed E-state index contributed by atoms with van der Waals surface area (Å²) in [5.41, 5.74) is 3.20. The fourth-order valence-electron chi connectivity index (χ4n) is 2.15. The maximum atomic E-state index is 8.73. The number of benzene rings is 1. The highest BCUT2D eigenvalue weighted by atomic mass is 16.5. The first-order valence-corrected chi connectivity index (χ1v) is 5.84. The Kier molecular flexibility index (Phi) is 3.52. The van der Waals surface area contributed by atoms with E-state index in [1.165, 1.54) is 5.56 Å². The van der Waals surface area contributed by atoms with Crippen LogP contribution >= 0.6 is 0 Å². The molecule has 1 saturated heterocycles. The van der Waals surface area contributed by atoms with Crippen molar-refractivity contribution in [3.8, 4) is 5.75 Å². The van der Waals surface area contributed by atoms with Crippen LogP contribution in [0.4, 0.5) is 5.69 Å². The van der Waals surface area contributed by atoms with Gasteiger partial charge in [-0.3, -0.25) is 0 Å². The predicted molar refractivity (Wildman–Crippen MR) is 68.4 cm³/mol. The molecule has 0 amide bonds. The third kappa shape index (κ3) is 2.52. The average Bonchev–Trinajstić information content (AvgIpc) is 2.39. The van der Waals surface area contributed by atoms with Gasteiger partial charge < -0.3 is 14.8 Å². The fourth-order valence-corrected chi connectivity index (χ4v) is 2.15. The summed E-state index contributed by atoms with van der Waals surface area (Å²) < 4.78 is 5.41. The van der Waals surface area contributed by atoms with Crippen LogP contribution in [0.3, 0.4) is 0 Å². The number of hydrogen-bond donors (Lipinski definition) is 1. The van der Waals surface area contributed by atoms with Crippen LogP contribution in [0.1, 0.15) is 18.4 Å². The lowest BCUT2D eigenvalue weighted by Crippen LogP contribution is -2.34. The molecule has 0 aromatic heterocycles. The third-order valence-corrected chi connectivity index (χ3v) is 3.16. The minimum Gasteiger partial charge on any atom is -0.495 e. The van der Waals surface area contributed by atoms with Gasteiger partial charge in [0.2, 0.25) is 0 Å². The summed E-state index contributed by atoms with van der Waals surface area (Å²) in [6.07, 6.45) is 1.63. The molecule has 0 aliphatic carbocycles. The Hall–Kier alpha value is -1.71. The molecule has 1 heterocycles. The van der Waals surface area contributed by atoms with Crippen LogP contribution in [-0.2, 0) is 0 Å². The Labute approximate surface area is 101 Å². The number of hydrogen-bond acceptors (Lipinski definition) is 4. The van der Waals surface area contributed by atoms with Gasteiger partial charge in [0, 0.05) is 25.9 Å². The second-order valence-electron chi connectivity index (χ2n) is 4.33. The van der Waals surface area contributed by atoms with Gasteiger partial charge in [-0.05, 0) is 24.6 Å². The number of anilines is 1. The van der Waals surface area contributed by atoms with Gasteiger partial charge in [0.05, 0.1) is 18.5 Å². The predicted octanol–water partition coefficient (Wildman–Crippen LogP) is 2.43. The number of methoxy groups -OCH3 is 1. The van der Waals surface area contributed by atoms with Gasteiger partial charge in [-0.25, -0.2) is 0 Å². The summed E-state index contributed by atoms with van der Waals surface area (Å²) in [5, 5.41) is 12.0. The van der Waals surface area contributed by atoms with Gasteiger partial charge in [0.15, 0.2) is 0 Å². The topological polar surface area (TPSA) is 45.1 Å². The molecule has 1 aromatic carbocycles. The van der Waals surface area contributed by atoms with Gasteiger partial charge >= 0.3 is 0 Å². The number of nitrogens with zero attached hydrogens (tertiary/aromatic N) is 2. The van der Waals surface area contributed by atoms with E-state index in [9.17, 15) is 0 Å². The Morgan fingerprint density at radius 3 is 2.59 bits per heavy atom. The summed E-state index contributed by atoms with van der Waals surface area (Å²) in [6.45, 7) is 3.80. The molecule has 0 spiro atoms. The molecule has 2 rings (SSSR count). The summed E-state index contributed by atoms with van der Waals surface area (Å²) in [4.78, 5) is 2.27. The number of piperidine rings is 1. The van der Waals surface area contributed by atoms with Gasteiger partial charge in [0.25, 0.3) is 0 Å². The van der Waals surface area contributed by atoms with Gasteiger partial charge in [-0.1, -0.05) is 11.2 Å². The van der Waals surface area contributed by atoms with E-state index in [4.69, 9.17) is 9.94 Å². The van der Waals surface area contributed by atoms with Crippen LogP contribution in [0, 0.1) is 6.92 Å². The van der Waals surface area contributed by atoms with Crippen LogP contribution in [0.15, 0.2) is 23.4 Å². The molecule has 1 aliphatic heterocycles. The molecule has 0 bridgehead atoms. The van der Waals surface area contributed by atoms with Crippen LogP contribution in [-0.4, -0.2) is 31.1 Å². The number of rotatable bonds is 2. The molecule has 0 atom stereocenters. The standard InChI is InChI=1S/C13H18N2O2/c1-10-3-4-12(13(9-10)17-2)15-7-5-11(14-16)6-8-15/h3-4,9,16H,5-8H2,1-2H3. The maximum absolute atomic E-state index is 8.73. The van der Waals surface area contributed by atoms with E-state index in [0.29, 0.717) is 0 Å². The van der Waals surface area contributed by atoms with E-state index in [2.05, 4.69) is 29.1 Å². The molecule has 0 radical (unpaired) electrons. The lowest BCUT2D eigenvalue weighted by atomic mass is 10.1. The van der Waals surface area contributed by atoms with Gasteiger partial charge in [-0.15, -0.1) is 0 Å². The quantitative estimate of drug-likeness (QED) is 0.631. The zero-order valence-corrected chi connectivity index (χ0v) is 10.3. The smallest absolute Gasteiger partial charge is 0.142 e. The van der Waals surface area contributed by atoms with Crippen molar-refractivity contribution in [1.82, 2.24) is 0 Å². The van der Waals surface area contributed by atoms with Crippen molar-refractivity contribution in [3.63, 3.8) is 0 Å². The SMILES string of the molecule is COc1cc(C)ccc1N1CCC(=NO)CC1. The number of ether oxygens (including phenoxy) is 1. The van der Waals surface area contributed by atoms with Crippen molar-refractivity contribution < 1.29 is 9.94 Å². The maximum Gasteiger partial charge on any atom is 0.142 e. The minimum atomic E-state index is 0.813. The summed E-state index contributed by atoms with van der Waals surface area (Å²) in [6, 6.07) is 6.23. The van der Waals surface area contributed by atoms with Crippen molar-refractivity contribution in [1.29, 1.82) is 0 Å². The van der Waals surface area contributed by atoms with E-state index < -0.39 is 0 Å². The minimum absolute atomic E-state index is 0.813. The Morgan fingerprint density at radius 2 is 2.00 bits per heavy atom. The van der Waals surface area contributed by atoms with E-state index >= 15 is 0 Å². The molecule has 1 aliphatic rings. The van der Waals surface area contributed by atoms with Crippen LogP contribution < -0.4 is 9.64 Å². The normalized spacial score (nSPS) is 15.9. The highest BCUT2D eigenvalue weighted by Crippen LogP contribution is 2.30. The van der Waals surface area contributed by atoms with Crippen LogP contribution in [0.2, 0.25) is 0 Å². The first-order chi connectivity index (χ1) is 8.24. The molecule has 4 nitrogen and oxygen atoms in total. The number of aryl methyl sites for hydroxylation is 1. The average molecular weight is 234 g/mol. The largest absolute Gasteiger partial charge is 0.495 e. The second kappa shape index (κ2) is 5.08. The zero-order chi connectivity index (χ0) is 12.3. The summed E-state index contributed by atoms with van der Waals surface area (Å²) >= 11 is 0. The lowest BCUT2D eigenvalue weighted by molar-refractivity contribution is 0.315. The van der Waals surface area contributed by atoms with E-state index in [1.54, 1.807) is 7.11 Å². The van der Waals surface area contributed by atoms with Crippen molar-refractivity contribution in [2.24, 2.45) is 5.16 Å². The van der Waals surface area contributed by atoms with E-state index in [-0.39, 0.29) is 0 Å². The zero-order valence-electron chi connectivity index (χ0n) is 10.3. The molecule has 1 N–H and O–H groups in total. The molecule has 1 fully saturated rings. The van der Waals surface area contributed by atoms with Crippen LogP contribution in [0.5, 0.6) is 5.75 Å². The summed E-state index contributed by atoms with van der Waals surface area (Å²) in [5.74, 6) is 0.911. The van der Waals surface area contributed by atoms with E-state index in [1.807, 2.05) is 6.07 Å². The molecular formula is C13H18N2O2. The molecule has 92 valence electrons. The highest BCUT2D eigenvalue weighted by Gasteiger charge is 2.18. The Morgan fingerprint density at radius 1 is 1.29 bits per heavy atom. The Balaban J connectivity index is 2.18. The van der Waals surface area contributed by atoms with Crippen molar-refractivity contribution >= 4 is 11.4 Å². The monoisotopic (exact) mass is 234 g/mol. The first kappa shape index (κ1) is 11.8. The molecule has 17 heavy (non-hydrogen) atoms. The molecular weight excluding hydrogens is 216 g/mol. The highest BCUT2D eigenvalue weighted by molar-refractivity contribution is 5.86.